The maximum atomic E-state index is 12.6. The number of nitrogens with zero attached hydrogens (tertiary/aromatic N) is 1. The van der Waals surface area contributed by atoms with Gasteiger partial charge in [-0.2, -0.15) is 13.2 Å². The third-order valence-corrected chi connectivity index (χ3v) is 2.75. The Morgan fingerprint density at radius 1 is 1.16 bits per heavy atom. The minimum atomic E-state index is -4.32. The average molecular weight is 266 g/mol. The second kappa shape index (κ2) is 5.30. The molecule has 0 fully saturated rings. The van der Waals surface area contributed by atoms with E-state index in [-0.39, 0.29) is 0 Å². The number of aromatic nitrogens is 1. The fourth-order valence-corrected chi connectivity index (χ4v) is 1.68. The first kappa shape index (κ1) is 13.4. The lowest BCUT2D eigenvalue weighted by molar-refractivity contribution is -0.137. The molecular weight excluding hydrogens is 253 g/mol. The number of halogens is 3. The Morgan fingerprint density at radius 2 is 1.95 bits per heavy atom. The summed E-state index contributed by atoms with van der Waals surface area (Å²) in [5, 5.41) is 2.98. The summed E-state index contributed by atoms with van der Waals surface area (Å²) in [6, 6.07) is 9.11. The van der Waals surface area contributed by atoms with Crippen LogP contribution in [0.1, 0.15) is 16.8 Å². The third-order valence-electron chi connectivity index (χ3n) is 2.75. The van der Waals surface area contributed by atoms with Crippen molar-refractivity contribution in [1.82, 2.24) is 4.98 Å². The number of nitrogens with one attached hydrogen (secondary N) is 1. The van der Waals surface area contributed by atoms with Gasteiger partial charge in [0.15, 0.2) is 0 Å². The second-order valence-corrected chi connectivity index (χ2v) is 4.20. The zero-order chi connectivity index (χ0) is 13.9. The molecule has 100 valence electrons. The lowest BCUT2D eigenvalue weighted by atomic mass is 10.1. The van der Waals surface area contributed by atoms with Gasteiger partial charge < -0.3 is 5.32 Å². The predicted molar refractivity (Wildman–Crippen MR) is 67.7 cm³/mol. The molecule has 2 nitrogen and oxygen atoms in total. The normalized spacial score (nSPS) is 11.4. The minimum Gasteiger partial charge on any atom is -0.379 e. The molecule has 0 amide bonds. The second-order valence-electron chi connectivity index (χ2n) is 4.20. The summed E-state index contributed by atoms with van der Waals surface area (Å²) in [7, 11) is 0. The first-order valence-corrected chi connectivity index (χ1v) is 5.78. The summed E-state index contributed by atoms with van der Waals surface area (Å²) in [6.07, 6.45) is -2.68. The Balaban J connectivity index is 2.16. The lowest BCUT2D eigenvalue weighted by Crippen LogP contribution is -2.08. The molecule has 1 N–H and O–H groups in total. The number of benzene rings is 1. The molecule has 0 unspecified atom stereocenters. The highest BCUT2D eigenvalue weighted by molar-refractivity contribution is 5.53. The standard InChI is InChI=1S/C14H13F3N2/c1-10-5-6-11(14(15,16)17)8-13(10)19-9-12-4-2-3-7-18-12/h2-8,19H,9H2,1H3. The Morgan fingerprint density at radius 3 is 2.58 bits per heavy atom. The van der Waals surface area contributed by atoms with Crippen molar-refractivity contribution in [2.75, 3.05) is 5.32 Å². The van der Waals surface area contributed by atoms with Crippen molar-refractivity contribution in [1.29, 1.82) is 0 Å². The molecule has 5 heteroatoms. The molecule has 1 heterocycles. The number of alkyl halides is 3. The van der Waals surface area contributed by atoms with Gasteiger partial charge in [-0.3, -0.25) is 4.98 Å². The molecule has 2 aromatic rings. The average Bonchev–Trinajstić information content (AvgIpc) is 2.37. The zero-order valence-corrected chi connectivity index (χ0v) is 10.3. The number of anilines is 1. The SMILES string of the molecule is Cc1ccc(C(F)(F)F)cc1NCc1ccccn1. The van der Waals surface area contributed by atoms with Crippen molar-refractivity contribution >= 4 is 5.69 Å². The van der Waals surface area contributed by atoms with E-state index in [0.29, 0.717) is 12.2 Å². The van der Waals surface area contributed by atoms with Crippen LogP contribution in [-0.4, -0.2) is 4.98 Å². The van der Waals surface area contributed by atoms with Crippen LogP contribution in [0, 0.1) is 6.92 Å². The van der Waals surface area contributed by atoms with E-state index < -0.39 is 11.7 Å². The molecule has 0 spiro atoms. The van der Waals surface area contributed by atoms with Crippen LogP contribution in [-0.2, 0) is 12.7 Å². The first-order chi connectivity index (χ1) is 8.97. The Kier molecular flexibility index (Phi) is 3.74. The van der Waals surface area contributed by atoms with E-state index in [0.717, 1.165) is 23.4 Å². The van der Waals surface area contributed by atoms with Crippen LogP contribution in [0.15, 0.2) is 42.6 Å². The monoisotopic (exact) mass is 266 g/mol. The molecular formula is C14H13F3N2. The number of rotatable bonds is 3. The number of pyridine rings is 1. The molecule has 0 saturated carbocycles. The Bertz CT molecular complexity index is 550. The summed E-state index contributed by atoms with van der Waals surface area (Å²) in [6.45, 7) is 2.16. The van der Waals surface area contributed by atoms with Gasteiger partial charge in [0.25, 0.3) is 0 Å². The molecule has 0 bridgehead atoms. The largest absolute Gasteiger partial charge is 0.416 e. The van der Waals surface area contributed by atoms with Crippen molar-refractivity contribution in [3.05, 3.63) is 59.4 Å². The fraction of sp³-hybridized carbons (Fsp3) is 0.214. The molecule has 0 radical (unpaired) electrons. The summed E-state index contributed by atoms with van der Waals surface area (Å²) in [4.78, 5) is 4.11. The minimum absolute atomic E-state index is 0.392. The predicted octanol–water partition coefficient (Wildman–Crippen LogP) is 4.02. The van der Waals surface area contributed by atoms with E-state index in [1.54, 1.807) is 19.2 Å². The van der Waals surface area contributed by atoms with Crippen molar-refractivity contribution in [3.63, 3.8) is 0 Å². The smallest absolute Gasteiger partial charge is 0.379 e. The number of hydrogen-bond acceptors (Lipinski definition) is 2. The summed E-state index contributed by atoms with van der Waals surface area (Å²) < 4.78 is 37.9. The van der Waals surface area contributed by atoms with Gasteiger partial charge in [-0.05, 0) is 36.8 Å². The van der Waals surface area contributed by atoms with Crippen LogP contribution in [0.5, 0.6) is 0 Å². The molecule has 0 aliphatic carbocycles. The quantitative estimate of drug-likeness (QED) is 0.907. The molecule has 1 aromatic heterocycles. The van der Waals surface area contributed by atoms with Crippen LogP contribution < -0.4 is 5.32 Å². The molecule has 1 aromatic carbocycles. The molecule has 0 aliphatic rings. The van der Waals surface area contributed by atoms with E-state index in [9.17, 15) is 13.2 Å². The highest BCUT2D eigenvalue weighted by Crippen LogP contribution is 2.32. The summed E-state index contributed by atoms with van der Waals surface area (Å²) in [5.74, 6) is 0. The van der Waals surface area contributed by atoms with Crippen molar-refractivity contribution in [3.8, 4) is 0 Å². The summed E-state index contributed by atoms with van der Waals surface area (Å²) in [5.41, 5.74) is 1.37. The molecule has 19 heavy (non-hydrogen) atoms. The van der Waals surface area contributed by atoms with Gasteiger partial charge in [0.2, 0.25) is 0 Å². The number of hydrogen-bond donors (Lipinski definition) is 1. The van der Waals surface area contributed by atoms with Gasteiger partial charge in [0.05, 0.1) is 17.8 Å². The van der Waals surface area contributed by atoms with E-state index in [2.05, 4.69) is 10.3 Å². The van der Waals surface area contributed by atoms with E-state index in [1.807, 2.05) is 12.1 Å². The van der Waals surface area contributed by atoms with Gasteiger partial charge >= 0.3 is 6.18 Å². The lowest BCUT2D eigenvalue weighted by Gasteiger charge is -2.13. The number of aryl methyl sites for hydroxylation is 1. The highest BCUT2D eigenvalue weighted by Gasteiger charge is 2.30. The molecule has 2 rings (SSSR count). The van der Waals surface area contributed by atoms with E-state index >= 15 is 0 Å². The van der Waals surface area contributed by atoms with Crippen molar-refractivity contribution < 1.29 is 13.2 Å². The maximum absolute atomic E-state index is 12.6. The van der Waals surface area contributed by atoms with Gasteiger partial charge in [0, 0.05) is 11.9 Å². The molecule has 0 atom stereocenters. The van der Waals surface area contributed by atoms with Gasteiger partial charge in [0.1, 0.15) is 0 Å². The van der Waals surface area contributed by atoms with Crippen LogP contribution in [0.2, 0.25) is 0 Å². The summed E-state index contributed by atoms with van der Waals surface area (Å²) >= 11 is 0. The van der Waals surface area contributed by atoms with Gasteiger partial charge in [-0.25, -0.2) is 0 Å². The van der Waals surface area contributed by atoms with Crippen LogP contribution in [0.4, 0.5) is 18.9 Å². The Hall–Kier alpha value is -2.04. The van der Waals surface area contributed by atoms with Crippen LogP contribution in [0.25, 0.3) is 0 Å². The Labute approximate surface area is 109 Å². The van der Waals surface area contributed by atoms with Crippen LogP contribution in [0.3, 0.4) is 0 Å². The molecule has 0 aliphatic heterocycles. The van der Waals surface area contributed by atoms with E-state index in [1.165, 1.54) is 6.07 Å². The first-order valence-electron chi connectivity index (χ1n) is 5.78. The molecule has 0 saturated heterocycles. The van der Waals surface area contributed by atoms with E-state index in [4.69, 9.17) is 0 Å². The third kappa shape index (κ3) is 3.47. The highest BCUT2D eigenvalue weighted by atomic mass is 19.4. The van der Waals surface area contributed by atoms with Gasteiger partial charge in [-0.1, -0.05) is 12.1 Å². The van der Waals surface area contributed by atoms with Crippen LogP contribution >= 0.6 is 0 Å². The van der Waals surface area contributed by atoms with Gasteiger partial charge in [-0.15, -0.1) is 0 Å². The zero-order valence-electron chi connectivity index (χ0n) is 10.3. The van der Waals surface area contributed by atoms with Crippen molar-refractivity contribution in [2.45, 2.75) is 19.6 Å². The fourth-order valence-electron chi connectivity index (χ4n) is 1.68. The topological polar surface area (TPSA) is 24.9 Å². The maximum Gasteiger partial charge on any atom is 0.416 e. The van der Waals surface area contributed by atoms with Crippen molar-refractivity contribution in [2.24, 2.45) is 0 Å².